The molecule has 0 aliphatic carbocycles. The van der Waals surface area contributed by atoms with Gasteiger partial charge in [0.25, 0.3) is 0 Å². The van der Waals surface area contributed by atoms with E-state index in [0.29, 0.717) is 40.8 Å². The zero-order chi connectivity index (χ0) is 31.5. The van der Waals surface area contributed by atoms with E-state index in [1.54, 1.807) is 18.2 Å². The molecule has 3 rings (SSSR count). The first-order chi connectivity index (χ1) is 19.5. The smallest absolute Gasteiger partial charge is 0.416 e. The third-order valence-corrected chi connectivity index (χ3v) is 8.15. The van der Waals surface area contributed by atoms with Gasteiger partial charge in [0.05, 0.1) is 29.1 Å². The van der Waals surface area contributed by atoms with Gasteiger partial charge in [-0.15, -0.1) is 11.8 Å². The molecule has 42 heavy (non-hydrogen) atoms. The second-order valence-corrected chi connectivity index (χ2v) is 10.9. The number of methoxy groups -OCH3 is 1. The fraction of sp³-hybridized carbons (Fsp3) is 0.321. The lowest BCUT2D eigenvalue weighted by Crippen LogP contribution is -2.31. The standard InChI is InChI=1S/C28H24F9NO2S2/c1-15(25(42-14-39)16-8-19(27(32,33)34)11-20(9-16)28(35,36)37)38-13-17-10-18(26(29,30)31)4-6-22(17)23-12-21(41-3)5-7-24(23)40-2/h4-12,14-15,25,38H,13H2,1-3H3. The van der Waals surface area contributed by atoms with Crippen molar-refractivity contribution in [3.63, 3.8) is 0 Å². The molecule has 2 unspecified atom stereocenters. The minimum Gasteiger partial charge on any atom is -0.496 e. The number of rotatable bonds is 10. The highest BCUT2D eigenvalue weighted by molar-refractivity contribution is 8.12. The van der Waals surface area contributed by atoms with Crippen molar-refractivity contribution in [3.05, 3.63) is 82.4 Å². The Morgan fingerprint density at radius 1 is 0.810 bits per heavy atom. The first-order valence-corrected chi connectivity index (χ1v) is 14.2. The highest BCUT2D eigenvalue weighted by atomic mass is 32.2. The molecular weight excluding hydrogens is 617 g/mol. The summed E-state index contributed by atoms with van der Waals surface area (Å²) in [6.45, 7) is 1.14. The Labute approximate surface area is 244 Å². The van der Waals surface area contributed by atoms with Gasteiger partial charge in [0.2, 0.25) is 0 Å². The number of alkyl halides is 9. The van der Waals surface area contributed by atoms with Crippen molar-refractivity contribution >= 4 is 29.1 Å². The summed E-state index contributed by atoms with van der Waals surface area (Å²) in [5.74, 6) is 0.375. The molecule has 0 saturated heterocycles. The third kappa shape index (κ3) is 8.16. The maximum absolute atomic E-state index is 13.6. The molecular formula is C28H24F9NO2S2. The Morgan fingerprint density at radius 2 is 1.40 bits per heavy atom. The third-order valence-electron chi connectivity index (χ3n) is 6.34. The molecule has 0 fully saturated rings. The van der Waals surface area contributed by atoms with E-state index >= 15 is 0 Å². The van der Waals surface area contributed by atoms with Gasteiger partial charge in [-0.05, 0) is 78.4 Å². The Hall–Kier alpha value is -2.84. The van der Waals surface area contributed by atoms with Crippen LogP contribution < -0.4 is 10.1 Å². The fourth-order valence-corrected chi connectivity index (χ4v) is 5.45. The maximum Gasteiger partial charge on any atom is 0.416 e. The predicted octanol–water partition coefficient (Wildman–Crippen LogP) is 9.28. The van der Waals surface area contributed by atoms with E-state index in [0.717, 1.165) is 17.0 Å². The van der Waals surface area contributed by atoms with Crippen LogP contribution in [0.4, 0.5) is 39.5 Å². The molecule has 3 nitrogen and oxygen atoms in total. The lowest BCUT2D eigenvalue weighted by atomic mass is 9.95. The summed E-state index contributed by atoms with van der Waals surface area (Å²) >= 11 is 1.84. The van der Waals surface area contributed by atoms with Gasteiger partial charge in [0.15, 0.2) is 5.62 Å². The lowest BCUT2D eigenvalue weighted by Gasteiger charge is -2.26. The average Bonchev–Trinajstić information content (AvgIpc) is 2.92. The van der Waals surface area contributed by atoms with Crippen LogP contribution in [0.15, 0.2) is 59.5 Å². The van der Waals surface area contributed by atoms with Crippen LogP contribution in [0.1, 0.15) is 40.0 Å². The van der Waals surface area contributed by atoms with Gasteiger partial charge in [-0.2, -0.15) is 39.5 Å². The molecule has 0 bridgehead atoms. The summed E-state index contributed by atoms with van der Waals surface area (Å²) in [6.07, 6.45) is -13.1. The van der Waals surface area contributed by atoms with E-state index in [2.05, 4.69) is 5.32 Å². The van der Waals surface area contributed by atoms with Crippen LogP contribution in [0, 0.1) is 0 Å². The normalized spacial score (nSPS) is 14.0. The Morgan fingerprint density at radius 3 is 1.90 bits per heavy atom. The molecule has 14 heteroatoms. The van der Waals surface area contributed by atoms with Gasteiger partial charge < -0.3 is 10.1 Å². The number of halogens is 9. The Kier molecular flexibility index (Phi) is 10.6. The van der Waals surface area contributed by atoms with Crippen LogP contribution in [-0.2, 0) is 29.9 Å². The fourth-order valence-electron chi connectivity index (χ4n) is 4.27. The molecule has 0 saturated carbocycles. The zero-order valence-corrected chi connectivity index (χ0v) is 23.8. The van der Waals surface area contributed by atoms with Crippen molar-refractivity contribution in [2.24, 2.45) is 0 Å². The van der Waals surface area contributed by atoms with Gasteiger partial charge in [0.1, 0.15) is 5.75 Å². The highest BCUT2D eigenvalue weighted by Gasteiger charge is 2.38. The summed E-state index contributed by atoms with van der Waals surface area (Å²) in [5, 5.41) is 1.66. The van der Waals surface area contributed by atoms with Crippen LogP contribution in [0.5, 0.6) is 5.75 Å². The molecule has 0 amide bonds. The number of carbonyl (C=O) groups excluding carboxylic acids is 1. The topological polar surface area (TPSA) is 38.3 Å². The Bertz CT molecular complexity index is 1370. The molecule has 0 aliphatic rings. The first-order valence-electron chi connectivity index (χ1n) is 12.0. The van der Waals surface area contributed by atoms with E-state index in [4.69, 9.17) is 4.74 Å². The maximum atomic E-state index is 13.6. The van der Waals surface area contributed by atoms with E-state index < -0.39 is 52.1 Å². The van der Waals surface area contributed by atoms with Crippen LogP contribution in [-0.4, -0.2) is 25.0 Å². The summed E-state index contributed by atoms with van der Waals surface area (Å²) in [7, 11) is 1.40. The number of carbonyl (C=O) groups is 1. The largest absolute Gasteiger partial charge is 0.496 e. The first kappa shape index (κ1) is 33.7. The lowest BCUT2D eigenvalue weighted by molar-refractivity contribution is -0.143. The summed E-state index contributed by atoms with van der Waals surface area (Å²) in [6, 6.07) is 8.31. The number of hydrogen-bond acceptors (Lipinski definition) is 5. The van der Waals surface area contributed by atoms with E-state index in [1.807, 2.05) is 6.26 Å². The molecule has 3 aromatic rings. The Balaban J connectivity index is 2.06. The molecule has 2 atom stereocenters. The molecule has 228 valence electrons. The number of ether oxygens (including phenoxy) is 1. The molecule has 0 spiro atoms. The van der Waals surface area contributed by atoms with E-state index in [-0.39, 0.29) is 23.8 Å². The summed E-state index contributed by atoms with van der Waals surface area (Å²) in [5.41, 5.74) is -3.19. The quantitative estimate of drug-likeness (QED) is 0.136. The second kappa shape index (κ2) is 13.2. The van der Waals surface area contributed by atoms with Crippen molar-refractivity contribution in [3.8, 4) is 16.9 Å². The van der Waals surface area contributed by atoms with E-state index in [9.17, 15) is 44.3 Å². The van der Waals surface area contributed by atoms with Crippen LogP contribution >= 0.6 is 23.5 Å². The van der Waals surface area contributed by atoms with Crippen molar-refractivity contribution in [1.29, 1.82) is 0 Å². The molecule has 0 radical (unpaired) electrons. The number of benzene rings is 3. The number of hydrogen-bond donors (Lipinski definition) is 1. The van der Waals surface area contributed by atoms with Gasteiger partial charge in [-0.25, -0.2) is 0 Å². The van der Waals surface area contributed by atoms with Crippen molar-refractivity contribution in [2.45, 2.75) is 48.2 Å². The number of nitrogens with one attached hydrogen (secondary N) is 1. The van der Waals surface area contributed by atoms with Crippen LogP contribution in [0.2, 0.25) is 0 Å². The molecule has 3 aromatic carbocycles. The van der Waals surface area contributed by atoms with Gasteiger partial charge >= 0.3 is 18.5 Å². The van der Waals surface area contributed by atoms with Crippen LogP contribution in [0.25, 0.3) is 11.1 Å². The SMILES string of the molecule is COc1ccc(SC)cc1-c1ccc(C(F)(F)F)cc1CNC(C)C(SC=O)c1cc(C(F)(F)F)cc(C(F)(F)F)c1. The van der Waals surface area contributed by atoms with Gasteiger partial charge in [-0.3, -0.25) is 4.79 Å². The molecule has 0 heterocycles. The summed E-state index contributed by atoms with van der Waals surface area (Å²) < 4.78 is 127. The highest BCUT2D eigenvalue weighted by Crippen LogP contribution is 2.42. The molecule has 0 aliphatic heterocycles. The average molecular weight is 642 g/mol. The van der Waals surface area contributed by atoms with Crippen molar-refractivity contribution < 1.29 is 49.0 Å². The van der Waals surface area contributed by atoms with Crippen LogP contribution in [0.3, 0.4) is 0 Å². The monoisotopic (exact) mass is 641 g/mol. The zero-order valence-electron chi connectivity index (χ0n) is 22.2. The molecule has 0 aromatic heterocycles. The molecule has 1 N–H and O–H groups in total. The van der Waals surface area contributed by atoms with E-state index in [1.165, 1.54) is 31.9 Å². The second-order valence-electron chi connectivity index (χ2n) is 9.10. The van der Waals surface area contributed by atoms with Crippen molar-refractivity contribution in [1.82, 2.24) is 5.32 Å². The van der Waals surface area contributed by atoms with Gasteiger partial charge in [-0.1, -0.05) is 17.8 Å². The van der Waals surface area contributed by atoms with Crippen molar-refractivity contribution in [2.75, 3.05) is 13.4 Å². The minimum absolute atomic E-state index is 0.0186. The summed E-state index contributed by atoms with van der Waals surface area (Å²) in [4.78, 5) is 12.2. The minimum atomic E-state index is -5.10. The van der Waals surface area contributed by atoms with Gasteiger partial charge in [0, 0.05) is 23.0 Å². The predicted molar refractivity (Wildman–Crippen MR) is 145 cm³/mol. The number of thioether (sulfide) groups is 2.